The van der Waals surface area contributed by atoms with Gasteiger partial charge < -0.3 is 15.2 Å². The molecule has 0 aromatic rings. The molecule has 0 bridgehead atoms. The van der Waals surface area contributed by atoms with Gasteiger partial charge in [0, 0.05) is 19.8 Å². The molecular formula is C12H21NO4. The average molecular weight is 243 g/mol. The molecule has 5 heteroatoms. The van der Waals surface area contributed by atoms with Crippen LogP contribution in [0.25, 0.3) is 0 Å². The van der Waals surface area contributed by atoms with E-state index in [4.69, 9.17) is 9.84 Å². The van der Waals surface area contributed by atoms with Crippen molar-refractivity contribution in [1.82, 2.24) is 5.32 Å². The maximum Gasteiger partial charge on any atom is 0.307 e. The van der Waals surface area contributed by atoms with E-state index in [9.17, 15) is 9.59 Å². The van der Waals surface area contributed by atoms with E-state index in [2.05, 4.69) is 19.2 Å². The van der Waals surface area contributed by atoms with E-state index in [1.54, 1.807) is 0 Å². The molecule has 17 heavy (non-hydrogen) atoms. The van der Waals surface area contributed by atoms with Crippen molar-refractivity contribution in [3.8, 4) is 0 Å². The SMILES string of the molecule is CC(C)COCCCNC(=O)C1CC1C(=O)O. The number of carbonyl (C=O) groups is 2. The summed E-state index contributed by atoms with van der Waals surface area (Å²) in [7, 11) is 0. The number of aliphatic carboxylic acids is 1. The van der Waals surface area contributed by atoms with Gasteiger partial charge in [0.2, 0.25) is 5.91 Å². The highest BCUT2D eigenvalue weighted by molar-refractivity contribution is 5.89. The van der Waals surface area contributed by atoms with Crippen LogP contribution in [0.2, 0.25) is 0 Å². The molecule has 1 rings (SSSR count). The van der Waals surface area contributed by atoms with Crippen LogP contribution in [0.5, 0.6) is 0 Å². The lowest BCUT2D eigenvalue weighted by Gasteiger charge is -2.07. The maximum absolute atomic E-state index is 11.4. The molecular weight excluding hydrogens is 222 g/mol. The summed E-state index contributed by atoms with van der Waals surface area (Å²) in [5.41, 5.74) is 0. The van der Waals surface area contributed by atoms with Crippen LogP contribution in [-0.4, -0.2) is 36.7 Å². The Morgan fingerprint density at radius 1 is 1.41 bits per heavy atom. The van der Waals surface area contributed by atoms with Crippen molar-refractivity contribution >= 4 is 11.9 Å². The molecule has 1 aliphatic rings. The molecule has 0 aliphatic heterocycles. The quantitative estimate of drug-likeness (QED) is 0.621. The third kappa shape index (κ3) is 5.17. The van der Waals surface area contributed by atoms with Crippen LogP contribution in [0, 0.1) is 17.8 Å². The van der Waals surface area contributed by atoms with Gasteiger partial charge in [0.05, 0.1) is 11.8 Å². The van der Waals surface area contributed by atoms with Crippen molar-refractivity contribution in [2.24, 2.45) is 17.8 Å². The van der Waals surface area contributed by atoms with Crippen LogP contribution in [0.4, 0.5) is 0 Å². The first-order valence-corrected chi connectivity index (χ1v) is 6.10. The Morgan fingerprint density at radius 3 is 2.65 bits per heavy atom. The van der Waals surface area contributed by atoms with Gasteiger partial charge in [-0.15, -0.1) is 0 Å². The van der Waals surface area contributed by atoms with E-state index in [1.807, 2.05) is 0 Å². The predicted octanol–water partition coefficient (Wildman–Crippen LogP) is 0.886. The molecule has 5 nitrogen and oxygen atoms in total. The third-order valence-corrected chi connectivity index (χ3v) is 2.66. The molecule has 98 valence electrons. The Bertz CT molecular complexity index is 278. The van der Waals surface area contributed by atoms with E-state index in [-0.39, 0.29) is 11.8 Å². The first kappa shape index (κ1) is 14.0. The topological polar surface area (TPSA) is 75.6 Å². The van der Waals surface area contributed by atoms with Gasteiger partial charge in [0.1, 0.15) is 0 Å². The fourth-order valence-electron chi connectivity index (χ4n) is 1.59. The summed E-state index contributed by atoms with van der Waals surface area (Å²) in [5.74, 6) is -1.27. The zero-order valence-corrected chi connectivity index (χ0v) is 10.4. The highest BCUT2D eigenvalue weighted by atomic mass is 16.5. The largest absolute Gasteiger partial charge is 0.481 e. The number of carbonyl (C=O) groups excluding carboxylic acids is 1. The van der Waals surface area contributed by atoms with Gasteiger partial charge in [-0.05, 0) is 18.8 Å². The highest BCUT2D eigenvalue weighted by Gasteiger charge is 2.48. The van der Waals surface area contributed by atoms with Gasteiger partial charge in [-0.25, -0.2) is 0 Å². The second-order valence-corrected chi connectivity index (χ2v) is 4.90. The molecule has 1 amide bonds. The zero-order valence-electron chi connectivity index (χ0n) is 10.4. The van der Waals surface area contributed by atoms with Gasteiger partial charge in [-0.3, -0.25) is 9.59 Å². The molecule has 2 unspecified atom stereocenters. The normalized spacial score (nSPS) is 22.5. The molecule has 1 aliphatic carbocycles. The molecule has 1 saturated carbocycles. The summed E-state index contributed by atoms with van der Waals surface area (Å²) in [5, 5.41) is 11.4. The van der Waals surface area contributed by atoms with E-state index in [0.717, 1.165) is 13.0 Å². The van der Waals surface area contributed by atoms with Gasteiger partial charge in [0.15, 0.2) is 0 Å². The molecule has 0 saturated heterocycles. The fourth-order valence-corrected chi connectivity index (χ4v) is 1.59. The Balaban J connectivity index is 1.97. The number of ether oxygens (including phenoxy) is 1. The first-order chi connectivity index (χ1) is 8.02. The van der Waals surface area contributed by atoms with Gasteiger partial charge in [-0.2, -0.15) is 0 Å². The smallest absolute Gasteiger partial charge is 0.307 e. The number of carboxylic acid groups (broad SMARTS) is 1. The molecule has 0 spiro atoms. The third-order valence-electron chi connectivity index (χ3n) is 2.66. The number of rotatable bonds is 8. The molecule has 0 radical (unpaired) electrons. The number of amides is 1. The van der Waals surface area contributed by atoms with Gasteiger partial charge in [-0.1, -0.05) is 13.8 Å². The number of carboxylic acids is 1. The predicted molar refractivity (Wildman–Crippen MR) is 62.5 cm³/mol. The summed E-state index contributed by atoms with van der Waals surface area (Å²) in [6.07, 6.45) is 1.24. The van der Waals surface area contributed by atoms with Crippen LogP contribution < -0.4 is 5.32 Å². The molecule has 0 aromatic heterocycles. The number of hydrogen-bond donors (Lipinski definition) is 2. The van der Waals surface area contributed by atoms with E-state index < -0.39 is 11.9 Å². The van der Waals surface area contributed by atoms with Crippen molar-refractivity contribution in [2.75, 3.05) is 19.8 Å². The molecule has 0 heterocycles. The molecule has 0 aromatic carbocycles. The second kappa shape index (κ2) is 6.59. The van der Waals surface area contributed by atoms with Crippen molar-refractivity contribution in [3.63, 3.8) is 0 Å². The van der Waals surface area contributed by atoms with Crippen molar-refractivity contribution in [2.45, 2.75) is 26.7 Å². The second-order valence-electron chi connectivity index (χ2n) is 4.90. The highest BCUT2D eigenvalue weighted by Crippen LogP contribution is 2.38. The molecule has 1 fully saturated rings. The van der Waals surface area contributed by atoms with Crippen molar-refractivity contribution in [1.29, 1.82) is 0 Å². The minimum atomic E-state index is -0.870. The lowest BCUT2D eigenvalue weighted by atomic mass is 10.2. The average Bonchev–Trinajstić information content (AvgIpc) is 3.02. The van der Waals surface area contributed by atoms with E-state index in [1.165, 1.54) is 0 Å². The van der Waals surface area contributed by atoms with Crippen molar-refractivity contribution in [3.05, 3.63) is 0 Å². The summed E-state index contributed by atoms with van der Waals surface area (Å²) in [6, 6.07) is 0. The lowest BCUT2D eigenvalue weighted by Crippen LogP contribution is -2.28. The van der Waals surface area contributed by atoms with Gasteiger partial charge >= 0.3 is 5.97 Å². The van der Waals surface area contributed by atoms with Crippen LogP contribution in [0.3, 0.4) is 0 Å². The van der Waals surface area contributed by atoms with E-state index in [0.29, 0.717) is 25.5 Å². The monoisotopic (exact) mass is 243 g/mol. The molecule has 2 atom stereocenters. The minimum absolute atomic E-state index is 0.138. The first-order valence-electron chi connectivity index (χ1n) is 6.10. The molecule has 2 N–H and O–H groups in total. The Labute approximate surface area is 102 Å². The van der Waals surface area contributed by atoms with Crippen LogP contribution >= 0.6 is 0 Å². The summed E-state index contributed by atoms with van der Waals surface area (Å²) >= 11 is 0. The number of nitrogens with one attached hydrogen (secondary N) is 1. The Morgan fingerprint density at radius 2 is 2.12 bits per heavy atom. The zero-order chi connectivity index (χ0) is 12.8. The summed E-state index contributed by atoms with van der Waals surface area (Å²) < 4.78 is 5.37. The standard InChI is InChI=1S/C12H21NO4/c1-8(2)7-17-5-3-4-13-11(14)9-6-10(9)12(15)16/h8-10H,3-7H2,1-2H3,(H,13,14)(H,15,16). The van der Waals surface area contributed by atoms with E-state index >= 15 is 0 Å². The Kier molecular flexibility index (Phi) is 5.41. The summed E-state index contributed by atoms with van der Waals surface area (Å²) in [4.78, 5) is 22.0. The fraction of sp³-hybridized carbons (Fsp3) is 0.833. The van der Waals surface area contributed by atoms with Crippen LogP contribution in [-0.2, 0) is 14.3 Å². The lowest BCUT2D eigenvalue weighted by molar-refractivity contribution is -0.140. The van der Waals surface area contributed by atoms with Crippen LogP contribution in [0.1, 0.15) is 26.7 Å². The Hall–Kier alpha value is -1.10. The minimum Gasteiger partial charge on any atom is -0.481 e. The number of hydrogen-bond acceptors (Lipinski definition) is 3. The van der Waals surface area contributed by atoms with Crippen LogP contribution in [0.15, 0.2) is 0 Å². The van der Waals surface area contributed by atoms with Crippen molar-refractivity contribution < 1.29 is 19.4 Å². The van der Waals surface area contributed by atoms with Gasteiger partial charge in [0.25, 0.3) is 0 Å². The maximum atomic E-state index is 11.4. The summed E-state index contributed by atoms with van der Waals surface area (Å²) in [6.45, 7) is 6.09.